The summed E-state index contributed by atoms with van der Waals surface area (Å²) in [6.07, 6.45) is 0.735. The van der Waals surface area contributed by atoms with Gasteiger partial charge in [-0.15, -0.1) is 0 Å². The lowest BCUT2D eigenvalue weighted by Crippen LogP contribution is -2.37. The first-order valence-corrected chi connectivity index (χ1v) is 8.01. The first-order chi connectivity index (χ1) is 10.2. The molecule has 0 saturated carbocycles. The molecule has 1 aromatic rings. The van der Waals surface area contributed by atoms with E-state index in [2.05, 4.69) is 48.3 Å². The van der Waals surface area contributed by atoms with Crippen molar-refractivity contribution in [2.24, 2.45) is 5.92 Å². The first kappa shape index (κ1) is 16.3. The van der Waals surface area contributed by atoms with Crippen LogP contribution < -0.4 is 10.2 Å². The molecule has 0 radical (unpaired) electrons. The highest BCUT2D eigenvalue weighted by atomic mass is 16.5. The number of hydrogen-bond acceptors (Lipinski definition) is 4. The van der Waals surface area contributed by atoms with Crippen molar-refractivity contribution in [1.82, 2.24) is 5.32 Å². The molecule has 1 aliphatic rings. The summed E-state index contributed by atoms with van der Waals surface area (Å²) in [5.74, 6) is 0.340. The Balaban J connectivity index is 1.90. The third-order valence-corrected chi connectivity index (χ3v) is 4.31. The SMILES string of the molecule is CCC(C)C(O)CNCc1ccccc1N1CCOCC1. The van der Waals surface area contributed by atoms with Crippen molar-refractivity contribution in [1.29, 1.82) is 0 Å². The van der Waals surface area contributed by atoms with Gasteiger partial charge in [0.1, 0.15) is 0 Å². The molecule has 118 valence electrons. The number of nitrogens with zero attached hydrogens (tertiary/aromatic N) is 1. The topological polar surface area (TPSA) is 44.7 Å². The molecule has 0 spiro atoms. The van der Waals surface area contributed by atoms with Crippen molar-refractivity contribution in [2.45, 2.75) is 32.9 Å². The molecule has 1 fully saturated rings. The van der Waals surface area contributed by atoms with Gasteiger partial charge in [0.15, 0.2) is 0 Å². The normalized spacial score (nSPS) is 18.5. The number of benzene rings is 1. The molecule has 0 aliphatic carbocycles. The van der Waals surface area contributed by atoms with Crippen LogP contribution in [0.2, 0.25) is 0 Å². The maximum absolute atomic E-state index is 10.0. The van der Waals surface area contributed by atoms with Gasteiger partial charge in [0.25, 0.3) is 0 Å². The largest absolute Gasteiger partial charge is 0.392 e. The standard InChI is InChI=1S/C17H28N2O2/c1-3-14(2)17(20)13-18-12-15-6-4-5-7-16(15)19-8-10-21-11-9-19/h4-7,14,17-18,20H,3,8-13H2,1-2H3. The Morgan fingerprint density at radius 3 is 2.71 bits per heavy atom. The third-order valence-electron chi connectivity index (χ3n) is 4.31. The van der Waals surface area contributed by atoms with E-state index >= 15 is 0 Å². The molecule has 0 bridgehead atoms. The number of hydrogen-bond donors (Lipinski definition) is 2. The zero-order valence-electron chi connectivity index (χ0n) is 13.2. The van der Waals surface area contributed by atoms with E-state index in [0.29, 0.717) is 12.5 Å². The van der Waals surface area contributed by atoms with E-state index in [-0.39, 0.29) is 6.10 Å². The summed E-state index contributed by atoms with van der Waals surface area (Å²) in [5.41, 5.74) is 2.57. The fourth-order valence-corrected chi connectivity index (χ4v) is 2.60. The fraction of sp³-hybridized carbons (Fsp3) is 0.647. The van der Waals surface area contributed by atoms with Gasteiger partial charge in [0.05, 0.1) is 19.3 Å². The summed E-state index contributed by atoms with van der Waals surface area (Å²) < 4.78 is 5.42. The Labute approximate surface area is 128 Å². The minimum Gasteiger partial charge on any atom is -0.392 e. The van der Waals surface area contributed by atoms with Crippen LogP contribution >= 0.6 is 0 Å². The highest BCUT2D eigenvalue weighted by molar-refractivity contribution is 5.53. The zero-order chi connectivity index (χ0) is 15.1. The molecule has 1 aromatic carbocycles. The number of aliphatic hydroxyl groups excluding tert-OH is 1. The van der Waals surface area contributed by atoms with Crippen molar-refractivity contribution in [2.75, 3.05) is 37.7 Å². The molecule has 4 nitrogen and oxygen atoms in total. The minimum absolute atomic E-state index is 0.273. The molecule has 4 heteroatoms. The van der Waals surface area contributed by atoms with Crippen LogP contribution in [0.1, 0.15) is 25.8 Å². The van der Waals surface area contributed by atoms with Crippen LogP contribution in [0.15, 0.2) is 24.3 Å². The van der Waals surface area contributed by atoms with Gasteiger partial charge >= 0.3 is 0 Å². The van der Waals surface area contributed by atoms with Gasteiger partial charge in [0.2, 0.25) is 0 Å². The lowest BCUT2D eigenvalue weighted by molar-refractivity contribution is 0.112. The molecular formula is C17H28N2O2. The number of ether oxygens (including phenoxy) is 1. The van der Waals surface area contributed by atoms with Crippen molar-refractivity contribution in [3.05, 3.63) is 29.8 Å². The first-order valence-electron chi connectivity index (χ1n) is 8.01. The third kappa shape index (κ3) is 4.70. The Bertz CT molecular complexity index is 419. The summed E-state index contributed by atoms with van der Waals surface area (Å²) in [4.78, 5) is 2.38. The average Bonchev–Trinajstić information content (AvgIpc) is 2.55. The molecule has 21 heavy (non-hydrogen) atoms. The highest BCUT2D eigenvalue weighted by Crippen LogP contribution is 2.21. The highest BCUT2D eigenvalue weighted by Gasteiger charge is 2.15. The molecule has 0 amide bonds. The van der Waals surface area contributed by atoms with E-state index in [1.807, 2.05) is 0 Å². The average molecular weight is 292 g/mol. The van der Waals surface area contributed by atoms with Gasteiger partial charge in [-0.2, -0.15) is 0 Å². The molecule has 2 atom stereocenters. The van der Waals surface area contributed by atoms with Gasteiger partial charge in [-0.1, -0.05) is 38.5 Å². The Morgan fingerprint density at radius 1 is 1.29 bits per heavy atom. The molecule has 1 saturated heterocycles. The Morgan fingerprint density at radius 2 is 2.00 bits per heavy atom. The van der Waals surface area contributed by atoms with E-state index in [0.717, 1.165) is 39.3 Å². The van der Waals surface area contributed by atoms with Crippen LogP contribution in [-0.4, -0.2) is 44.1 Å². The van der Waals surface area contributed by atoms with Crippen molar-refractivity contribution < 1.29 is 9.84 Å². The van der Waals surface area contributed by atoms with Gasteiger partial charge in [-0.25, -0.2) is 0 Å². The lowest BCUT2D eigenvalue weighted by Gasteiger charge is -2.30. The number of anilines is 1. The molecule has 1 aliphatic heterocycles. The molecule has 0 aromatic heterocycles. The van der Waals surface area contributed by atoms with Crippen molar-refractivity contribution >= 4 is 5.69 Å². The fourth-order valence-electron chi connectivity index (χ4n) is 2.60. The van der Waals surface area contributed by atoms with E-state index in [9.17, 15) is 5.11 Å². The smallest absolute Gasteiger partial charge is 0.0690 e. The lowest BCUT2D eigenvalue weighted by atomic mass is 10.0. The second kappa shape index (κ2) is 8.37. The summed E-state index contributed by atoms with van der Waals surface area (Å²) in [6, 6.07) is 8.50. The van der Waals surface area contributed by atoms with Crippen molar-refractivity contribution in [3.63, 3.8) is 0 Å². The molecule has 2 unspecified atom stereocenters. The van der Waals surface area contributed by atoms with Gasteiger partial charge < -0.3 is 20.1 Å². The maximum Gasteiger partial charge on any atom is 0.0690 e. The summed E-state index contributed by atoms with van der Waals surface area (Å²) in [6.45, 7) is 9.14. The number of rotatable bonds is 7. The number of morpholine rings is 1. The molecular weight excluding hydrogens is 264 g/mol. The van der Waals surface area contributed by atoms with Crippen LogP contribution in [0.5, 0.6) is 0 Å². The van der Waals surface area contributed by atoms with Crippen LogP contribution in [0.3, 0.4) is 0 Å². The minimum atomic E-state index is -0.273. The van der Waals surface area contributed by atoms with Gasteiger partial charge in [0, 0.05) is 31.9 Å². The van der Waals surface area contributed by atoms with E-state index < -0.39 is 0 Å². The number of aliphatic hydroxyl groups is 1. The van der Waals surface area contributed by atoms with E-state index in [4.69, 9.17) is 4.74 Å². The maximum atomic E-state index is 10.0. The Kier molecular flexibility index (Phi) is 6.49. The van der Waals surface area contributed by atoms with E-state index in [1.54, 1.807) is 0 Å². The quantitative estimate of drug-likeness (QED) is 0.807. The number of para-hydroxylation sites is 1. The van der Waals surface area contributed by atoms with Crippen LogP contribution in [-0.2, 0) is 11.3 Å². The Hall–Kier alpha value is -1.10. The van der Waals surface area contributed by atoms with Crippen molar-refractivity contribution in [3.8, 4) is 0 Å². The van der Waals surface area contributed by atoms with Crippen LogP contribution in [0.4, 0.5) is 5.69 Å². The van der Waals surface area contributed by atoms with Crippen LogP contribution in [0, 0.1) is 5.92 Å². The molecule has 2 N–H and O–H groups in total. The predicted molar refractivity (Wildman–Crippen MR) is 86.6 cm³/mol. The predicted octanol–water partition coefficient (Wildman–Crippen LogP) is 2.02. The summed E-state index contributed by atoms with van der Waals surface area (Å²) >= 11 is 0. The monoisotopic (exact) mass is 292 g/mol. The second-order valence-electron chi connectivity index (χ2n) is 5.81. The summed E-state index contributed by atoms with van der Waals surface area (Å²) in [7, 11) is 0. The summed E-state index contributed by atoms with van der Waals surface area (Å²) in [5, 5.41) is 13.4. The molecule has 2 rings (SSSR count). The zero-order valence-corrected chi connectivity index (χ0v) is 13.2. The van der Waals surface area contributed by atoms with E-state index in [1.165, 1.54) is 11.3 Å². The van der Waals surface area contributed by atoms with Gasteiger partial charge in [-0.3, -0.25) is 0 Å². The number of nitrogens with one attached hydrogen (secondary N) is 1. The van der Waals surface area contributed by atoms with Crippen LogP contribution in [0.25, 0.3) is 0 Å². The second-order valence-corrected chi connectivity index (χ2v) is 5.81. The van der Waals surface area contributed by atoms with Gasteiger partial charge in [-0.05, 0) is 17.5 Å². The molecule has 1 heterocycles.